The number of sulfone groups is 1. The van der Waals surface area contributed by atoms with Gasteiger partial charge < -0.3 is 9.80 Å². The number of anilines is 1. The van der Waals surface area contributed by atoms with Crippen molar-refractivity contribution in [2.45, 2.75) is 9.79 Å². The van der Waals surface area contributed by atoms with E-state index in [2.05, 4.69) is 27.4 Å². The molecule has 0 unspecified atom stereocenters. The molecular formula is C25H25N5O3S. The maximum atomic E-state index is 13.2. The third kappa shape index (κ3) is 4.15. The fourth-order valence-corrected chi connectivity index (χ4v) is 5.47. The number of fused-ring (bicyclic) bond motifs is 1. The van der Waals surface area contributed by atoms with E-state index in [1.165, 1.54) is 10.9 Å². The Hall–Kier alpha value is -3.69. The molecule has 1 saturated heterocycles. The zero-order valence-electron chi connectivity index (χ0n) is 18.8. The molecule has 174 valence electrons. The predicted octanol–water partition coefficient (Wildman–Crippen LogP) is 3.00. The number of hydrogen-bond acceptors (Lipinski definition) is 6. The summed E-state index contributed by atoms with van der Waals surface area (Å²) in [6, 6.07) is 20.6. The largest absolute Gasteiger partial charge is 0.368 e. The van der Waals surface area contributed by atoms with Crippen molar-refractivity contribution in [1.82, 2.24) is 14.8 Å². The summed E-state index contributed by atoms with van der Waals surface area (Å²) < 4.78 is 25.9. The number of piperazine rings is 1. The first-order chi connectivity index (χ1) is 16.4. The molecule has 1 aliphatic rings. The number of aromatic nitrogens is 2. The van der Waals surface area contributed by atoms with Crippen LogP contribution < -0.4 is 10.3 Å². The van der Waals surface area contributed by atoms with Crippen LogP contribution in [-0.2, 0) is 9.84 Å². The first-order valence-electron chi connectivity index (χ1n) is 11.1. The van der Waals surface area contributed by atoms with Gasteiger partial charge in [0.1, 0.15) is 0 Å². The number of rotatable bonds is 5. The van der Waals surface area contributed by atoms with Gasteiger partial charge >= 0.3 is 0 Å². The third-order valence-electron chi connectivity index (χ3n) is 6.10. The van der Waals surface area contributed by atoms with E-state index in [0.29, 0.717) is 16.5 Å². The van der Waals surface area contributed by atoms with Crippen molar-refractivity contribution < 1.29 is 13.2 Å². The Balaban J connectivity index is 1.41. The van der Waals surface area contributed by atoms with Gasteiger partial charge in [0.25, 0.3) is 5.91 Å². The lowest BCUT2D eigenvalue weighted by molar-refractivity contribution is 0.101. The standard InChI is InChI=1S/C25H25N5O3S/c1-28-13-15-29(16-14-28)24-10-6-5-9-22(24)25(31)27-30-23-12-11-21(17-19(23)18-26-30)34(32,33)20-7-3-2-4-8-20/h2-12,17-18H,13-16H2,1H3,(H,27,31). The minimum atomic E-state index is -3.64. The highest BCUT2D eigenvalue weighted by atomic mass is 32.2. The normalized spacial score (nSPS) is 14.9. The highest BCUT2D eigenvalue weighted by molar-refractivity contribution is 7.91. The Bertz CT molecular complexity index is 1440. The number of nitrogens with one attached hydrogen (secondary N) is 1. The van der Waals surface area contributed by atoms with Gasteiger partial charge in [0.05, 0.1) is 27.1 Å². The van der Waals surface area contributed by atoms with E-state index in [1.807, 2.05) is 18.2 Å². The summed E-state index contributed by atoms with van der Waals surface area (Å²) in [5.74, 6) is -0.277. The summed E-state index contributed by atoms with van der Waals surface area (Å²) in [5.41, 5.74) is 4.91. The fourth-order valence-electron chi connectivity index (χ4n) is 4.15. The molecule has 0 atom stereocenters. The van der Waals surface area contributed by atoms with E-state index >= 15 is 0 Å². The second kappa shape index (κ2) is 8.92. The average molecular weight is 476 g/mol. The second-order valence-electron chi connectivity index (χ2n) is 8.34. The minimum absolute atomic E-state index is 0.178. The molecule has 2 heterocycles. The van der Waals surface area contributed by atoms with Gasteiger partial charge in [-0.25, -0.2) is 13.8 Å². The molecule has 1 fully saturated rings. The maximum Gasteiger partial charge on any atom is 0.273 e. The number of benzene rings is 3. The molecule has 0 spiro atoms. The first-order valence-corrected chi connectivity index (χ1v) is 12.5. The Morgan fingerprint density at radius 1 is 0.882 bits per heavy atom. The number of para-hydroxylation sites is 1. The summed E-state index contributed by atoms with van der Waals surface area (Å²) >= 11 is 0. The van der Waals surface area contributed by atoms with Crippen LogP contribution in [0, 0.1) is 0 Å². The lowest BCUT2D eigenvalue weighted by Gasteiger charge is -2.34. The summed E-state index contributed by atoms with van der Waals surface area (Å²) in [5, 5.41) is 4.89. The van der Waals surface area contributed by atoms with Crippen LogP contribution in [0.3, 0.4) is 0 Å². The number of hydrogen-bond donors (Lipinski definition) is 1. The molecule has 1 amide bonds. The van der Waals surface area contributed by atoms with E-state index in [9.17, 15) is 13.2 Å². The van der Waals surface area contributed by atoms with Crippen molar-refractivity contribution in [2.75, 3.05) is 43.6 Å². The number of carbonyl (C=O) groups excluding carboxylic acids is 1. The van der Waals surface area contributed by atoms with Crippen LogP contribution in [0.2, 0.25) is 0 Å². The minimum Gasteiger partial charge on any atom is -0.368 e. The van der Waals surface area contributed by atoms with Gasteiger partial charge in [-0.2, -0.15) is 9.89 Å². The molecular weight excluding hydrogens is 450 g/mol. The van der Waals surface area contributed by atoms with Gasteiger partial charge in [0.15, 0.2) is 0 Å². The molecule has 1 N–H and O–H groups in total. The van der Waals surface area contributed by atoms with Crippen LogP contribution in [0.5, 0.6) is 0 Å². The van der Waals surface area contributed by atoms with E-state index in [-0.39, 0.29) is 15.7 Å². The highest BCUT2D eigenvalue weighted by Gasteiger charge is 2.21. The van der Waals surface area contributed by atoms with Crippen molar-refractivity contribution in [3.63, 3.8) is 0 Å². The molecule has 8 nitrogen and oxygen atoms in total. The van der Waals surface area contributed by atoms with E-state index in [4.69, 9.17) is 0 Å². The Morgan fingerprint density at radius 2 is 1.59 bits per heavy atom. The van der Waals surface area contributed by atoms with Crippen molar-refractivity contribution in [2.24, 2.45) is 0 Å². The number of carbonyl (C=O) groups is 1. The van der Waals surface area contributed by atoms with Gasteiger partial charge in [-0.05, 0) is 49.5 Å². The van der Waals surface area contributed by atoms with Crippen LogP contribution >= 0.6 is 0 Å². The van der Waals surface area contributed by atoms with E-state index in [1.54, 1.807) is 54.7 Å². The SMILES string of the molecule is CN1CCN(c2ccccc2C(=O)Nn2ncc3cc(S(=O)(=O)c4ccccc4)ccc32)CC1. The van der Waals surface area contributed by atoms with Crippen LogP contribution in [0.1, 0.15) is 10.4 Å². The zero-order valence-corrected chi connectivity index (χ0v) is 19.6. The molecule has 1 aromatic heterocycles. The average Bonchev–Trinajstić information content (AvgIpc) is 3.27. The van der Waals surface area contributed by atoms with Gasteiger partial charge in [-0.15, -0.1) is 0 Å². The number of likely N-dealkylation sites (N-methyl/N-ethyl adjacent to an activating group) is 1. The van der Waals surface area contributed by atoms with Crippen LogP contribution in [0.15, 0.2) is 88.8 Å². The predicted molar refractivity (Wildman–Crippen MR) is 131 cm³/mol. The third-order valence-corrected chi connectivity index (χ3v) is 7.87. The van der Waals surface area contributed by atoms with Crippen LogP contribution in [0.25, 0.3) is 10.9 Å². The van der Waals surface area contributed by atoms with Crippen molar-refractivity contribution in [3.8, 4) is 0 Å². The maximum absolute atomic E-state index is 13.2. The first kappa shape index (κ1) is 22.1. The number of nitrogens with zero attached hydrogens (tertiary/aromatic N) is 4. The molecule has 0 saturated carbocycles. The molecule has 0 aliphatic carbocycles. The summed E-state index contributed by atoms with van der Waals surface area (Å²) in [6.07, 6.45) is 1.55. The van der Waals surface area contributed by atoms with Crippen LogP contribution in [0.4, 0.5) is 5.69 Å². The molecule has 4 aromatic rings. The fraction of sp³-hybridized carbons (Fsp3) is 0.200. The highest BCUT2D eigenvalue weighted by Crippen LogP contribution is 2.25. The number of amides is 1. The topological polar surface area (TPSA) is 87.5 Å². The van der Waals surface area contributed by atoms with Crippen molar-refractivity contribution in [1.29, 1.82) is 0 Å². The monoisotopic (exact) mass is 475 g/mol. The molecule has 0 bridgehead atoms. The lowest BCUT2D eigenvalue weighted by atomic mass is 10.1. The smallest absolute Gasteiger partial charge is 0.273 e. The Morgan fingerprint density at radius 3 is 2.35 bits per heavy atom. The van der Waals surface area contributed by atoms with Gasteiger partial charge in [0, 0.05) is 37.3 Å². The van der Waals surface area contributed by atoms with Gasteiger partial charge in [-0.1, -0.05) is 30.3 Å². The lowest BCUT2D eigenvalue weighted by Crippen LogP contribution is -2.45. The molecule has 0 radical (unpaired) electrons. The van der Waals surface area contributed by atoms with E-state index < -0.39 is 9.84 Å². The van der Waals surface area contributed by atoms with Crippen molar-refractivity contribution >= 4 is 32.3 Å². The molecule has 3 aromatic carbocycles. The summed E-state index contributed by atoms with van der Waals surface area (Å²) in [4.78, 5) is 19.5. The Kier molecular flexibility index (Phi) is 5.80. The van der Waals surface area contributed by atoms with Crippen LogP contribution in [-0.4, -0.2) is 62.3 Å². The van der Waals surface area contributed by atoms with E-state index in [0.717, 1.165) is 31.9 Å². The second-order valence-corrected chi connectivity index (χ2v) is 10.3. The molecule has 1 aliphatic heterocycles. The zero-order chi connectivity index (χ0) is 23.7. The summed E-state index contributed by atoms with van der Waals surface area (Å²) in [6.45, 7) is 3.58. The quantitative estimate of drug-likeness (QED) is 0.478. The molecule has 5 rings (SSSR count). The Labute approximate surface area is 198 Å². The summed E-state index contributed by atoms with van der Waals surface area (Å²) in [7, 11) is -1.55. The van der Waals surface area contributed by atoms with Gasteiger partial charge in [0.2, 0.25) is 9.84 Å². The van der Waals surface area contributed by atoms with Crippen molar-refractivity contribution in [3.05, 3.63) is 84.6 Å². The van der Waals surface area contributed by atoms with Gasteiger partial charge in [-0.3, -0.25) is 4.79 Å². The molecule has 9 heteroatoms. The molecule has 34 heavy (non-hydrogen) atoms.